The molecule has 204 valence electrons. The van der Waals surface area contributed by atoms with Crippen LogP contribution in [0, 0.1) is 6.92 Å². The molecule has 1 unspecified atom stereocenters. The van der Waals surface area contributed by atoms with Crippen molar-refractivity contribution in [1.82, 2.24) is 14.5 Å². The number of aromatic nitrogens is 2. The third-order valence-corrected chi connectivity index (χ3v) is 8.20. The minimum Gasteiger partial charge on any atom is -0.496 e. The van der Waals surface area contributed by atoms with Gasteiger partial charge in [0.15, 0.2) is 5.69 Å². The topological polar surface area (TPSA) is 67.7 Å². The van der Waals surface area contributed by atoms with Gasteiger partial charge in [-0.3, -0.25) is 14.5 Å². The average molecular weight is 575 g/mol. The number of imidazole rings is 1. The first-order valence-corrected chi connectivity index (χ1v) is 13.7. The van der Waals surface area contributed by atoms with Crippen LogP contribution in [0.1, 0.15) is 63.6 Å². The number of fused-ring (bicyclic) bond motifs is 8. The predicted octanol–water partition coefficient (Wildman–Crippen LogP) is 7.19. The Morgan fingerprint density at radius 1 is 1.05 bits per heavy atom. The van der Waals surface area contributed by atoms with Gasteiger partial charge in [0.1, 0.15) is 17.6 Å². The van der Waals surface area contributed by atoms with E-state index in [0.717, 1.165) is 33.6 Å². The van der Waals surface area contributed by atoms with E-state index in [-0.39, 0.29) is 17.9 Å². The summed E-state index contributed by atoms with van der Waals surface area (Å²) in [5.41, 5.74) is 6.61. The number of hydrogen-bond donors (Lipinski definition) is 0. The maximum Gasteiger partial charge on any atom is 0.279 e. The van der Waals surface area contributed by atoms with Crippen LogP contribution in [0.2, 0.25) is 10.0 Å². The summed E-state index contributed by atoms with van der Waals surface area (Å²) in [7, 11) is 5.00. The molecule has 2 amide bonds. The van der Waals surface area contributed by atoms with E-state index < -0.39 is 6.04 Å². The Hall–Kier alpha value is -3.81. The lowest BCUT2D eigenvalue weighted by Gasteiger charge is -2.37. The molecule has 7 nitrogen and oxygen atoms in total. The molecule has 0 N–H and O–H groups in total. The van der Waals surface area contributed by atoms with Crippen LogP contribution in [0.15, 0.2) is 48.5 Å². The molecule has 0 bridgehead atoms. The van der Waals surface area contributed by atoms with E-state index in [9.17, 15) is 9.59 Å². The molecule has 1 atom stereocenters. The van der Waals surface area contributed by atoms with E-state index in [1.54, 1.807) is 39.4 Å². The van der Waals surface area contributed by atoms with Crippen LogP contribution in [0.25, 0.3) is 22.5 Å². The van der Waals surface area contributed by atoms with Crippen molar-refractivity contribution in [3.05, 3.63) is 86.7 Å². The minimum atomic E-state index is -0.430. The monoisotopic (exact) mass is 574 g/mol. The SMILES string of the molecule is COc1ccc(C(=O)N(C)C)cc1-c1nc2c(n1C(C)C)C1c3ccc(Cl)cc3-c3c(Cl)ccc(C)c3N1C2=O. The molecule has 0 aliphatic carbocycles. The molecule has 1 aromatic heterocycles. The molecule has 6 rings (SSSR count). The van der Waals surface area contributed by atoms with Crippen molar-refractivity contribution in [2.24, 2.45) is 0 Å². The molecule has 2 aliphatic rings. The lowest BCUT2D eigenvalue weighted by Crippen LogP contribution is -2.34. The molecule has 3 heterocycles. The Kier molecular flexibility index (Phi) is 6.20. The van der Waals surface area contributed by atoms with E-state index in [1.807, 2.05) is 42.2 Å². The third-order valence-electron chi connectivity index (χ3n) is 7.65. The third kappa shape index (κ3) is 3.68. The first-order valence-electron chi connectivity index (χ1n) is 13.0. The lowest BCUT2D eigenvalue weighted by atomic mass is 9.86. The zero-order valence-electron chi connectivity index (χ0n) is 23.0. The van der Waals surface area contributed by atoms with Crippen molar-refractivity contribution in [1.29, 1.82) is 0 Å². The summed E-state index contributed by atoms with van der Waals surface area (Å²) in [5.74, 6) is 0.798. The van der Waals surface area contributed by atoms with Gasteiger partial charge < -0.3 is 14.2 Å². The standard InChI is InChI=1S/C31H28Cl2N4O3/c1-15(2)36-28-25(34-29(36)21-13-17(30(38)35(4)5)8-12-23(21)40-6)31(39)37-26-16(3)7-11-22(33)24(26)20-14-18(32)9-10-19(20)27(28)37/h7-15,27H,1-6H3. The van der Waals surface area contributed by atoms with Crippen molar-refractivity contribution in [2.45, 2.75) is 32.9 Å². The maximum atomic E-state index is 14.3. The summed E-state index contributed by atoms with van der Waals surface area (Å²) in [6.07, 6.45) is 0. The highest BCUT2D eigenvalue weighted by atomic mass is 35.5. The number of amides is 2. The van der Waals surface area contributed by atoms with Gasteiger partial charge in [0.2, 0.25) is 0 Å². The minimum absolute atomic E-state index is 0.0606. The van der Waals surface area contributed by atoms with Crippen molar-refractivity contribution in [3.63, 3.8) is 0 Å². The highest BCUT2D eigenvalue weighted by Crippen LogP contribution is 2.56. The zero-order chi connectivity index (χ0) is 28.6. The Bertz CT molecular complexity index is 1740. The van der Waals surface area contributed by atoms with Crippen LogP contribution in [-0.4, -0.2) is 47.5 Å². The number of halogens is 2. The van der Waals surface area contributed by atoms with Gasteiger partial charge >= 0.3 is 0 Å². The highest BCUT2D eigenvalue weighted by Gasteiger charge is 2.49. The summed E-state index contributed by atoms with van der Waals surface area (Å²) in [6.45, 7) is 6.09. The molecule has 2 aliphatic heterocycles. The normalized spacial score (nSPS) is 15.1. The summed E-state index contributed by atoms with van der Waals surface area (Å²) in [4.78, 5) is 35.4. The van der Waals surface area contributed by atoms with E-state index >= 15 is 0 Å². The number of benzene rings is 3. The molecular weight excluding hydrogens is 547 g/mol. The van der Waals surface area contributed by atoms with Gasteiger partial charge in [-0.25, -0.2) is 4.98 Å². The molecular formula is C31H28Cl2N4O3. The van der Waals surface area contributed by atoms with Crippen molar-refractivity contribution >= 4 is 40.7 Å². The number of carbonyl (C=O) groups is 2. The predicted molar refractivity (Wildman–Crippen MR) is 158 cm³/mol. The average Bonchev–Trinajstić information content (AvgIpc) is 3.45. The first kappa shape index (κ1) is 26.4. The van der Waals surface area contributed by atoms with Gasteiger partial charge in [0, 0.05) is 36.3 Å². The summed E-state index contributed by atoms with van der Waals surface area (Å²) in [5, 5.41) is 1.14. The van der Waals surface area contributed by atoms with Gasteiger partial charge in [-0.15, -0.1) is 0 Å². The lowest BCUT2D eigenvalue weighted by molar-refractivity contribution is 0.0827. The van der Waals surface area contributed by atoms with Crippen LogP contribution >= 0.6 is 23.2 Å². The second-order valence-electron chi connectivity index (χ2n) is 10.6. The molecule has 0 radical (unpaired) electrons. The fraction of sp³-hybridized carbons (Fsp3) is 0.258. The molecule has 0 fully saturated rings. The molecule has 3 aromatic carbocycles. The van der Waals surface area contributed by atoms with Gasteiger partial charge in [0.25, 0.3) is 11.8 Å². The van der Waals surface area contributed by atoms with Crippen LogP contribution in [-0.2, 0) is 0 Å². The second-order valence-corrected chi connectivity index (χ2v) is 11.5. The fourth-order valence-electron chi connectivity index (χ4n) is 5.94. The Morgan fingerprint density at radius 2 is 1.80 bits per heavy atom. The molecule has 0 saturated carbocycles. The Labute approximate surface area is 242 Å². The molecule has 9 heteroatoms. The van der Waals surface area contributed by atoms with Gasteiger partial charge in [0.05, 0.1) is 29.1 Å². The largest absolute Gasteiger partial charge is 0.496 e. The van der Waals surface area contributed by atoms with Crippen molar-refractivity contribution in [2.75, 3.05) is 26.1 Å². The van der Waals surface area contributed by atoms with E-state index in [4.69, 9.17) is 32.9 Å². The zero-order valence-corrected chi connectivity index (χ0v) is 24.6. The van der Waals surface area contributed by atoms with Gasteiger partial charge in [-0.05, 0) is 73.9 Å². The number of rotatable bonds is 4. The van der Waals surface area contributed by atoms with E-state index in [1.165, 1.54) is 4.90 Å². The van der Waals surface area contributed by atoms with Crippen molar-refractivity contribution in [3.8, 4) is 28.3 Å². The molecule has 0 spiro atoms. The van der Waals surface area contributed by atoms with Crippen molar-refractivity contribution < 1.29 is 14.3 Å². The number of nitrogens with zero attached hydrogens (tertiary/aromatic N) is 4. The van der Waals surface area contributed by atoms with Crippen LogP contribution in [0.4, 0.5) is 5.69 Å². The fourth-order valence-corrected chi connectivity index (χ4v) is 6.37. The van der Waals surface area contributed by atoms with E-state index in [2.05, 4.69) is 18.4 Å². The Morgan fingerprint density at radius 3 is 2.48 bits per heavy atom. The molecule has 0 saturated heterocycles. The number of hydrogen-bond acceptors (Lipinski definition) is 4. The molecule has 4 aromatic rings. The Balaban J connectivity index is 1.65. The number of anilines is 1. The highest BCUT2D eigenvalue weighted by molar-refractivity contribution is 6.35. The van der Waals surface area contributed by atoms with Crippen LogP contribution in [0.3, 0.4) is 0 Å². The summed E-state index contributed by atoms with van der Waals surface area (Å²) in [6, 6.07) is 14.3. The van der Waals surface area contributed by atoms with Gasteiger partial charge in [-0.1, -0.05) is 35.3 Å². The molecule has 40 heavy (non-hydrogen) atoms. The number of methoxy groups -OCH3 is 1. The first-order chi connectivity index (χ1) is 19.0. The number of aryl methyl sites for hydroxylation is 1. The number of ether oxygens (including phenoxy) is 1. The van der Waals surface area contributed by atoms with Crippen LogP contribution < -0.4 is 9.64 Å². The van der Waals surface area contributed by atoms with Gasteiger partial charge in [-0.2, -0.15) is 0 Å². The quantitative estimate of drug-likeness (QED) is 0.259. The summed E-state index contributed by atoms with van der Waals surface area (Å²) < 4.78 is 7.79. The summed E-state index contributed by atoms with van der Waals surface area (Å²) >= 11 is 13.2. The smallest absolute Gasteiger partial charge is 0.279 e. The number of carbonyl (C=O) groups excluding carboxylic acids is 2. The van der Waals surface area contributed by atoms with Crippen LogP contribution in [0.5, 0.6) is 5.75 Å². The second kappa shape index (κ2) is 9.39. The van der Waals surface area contributed by atoms with E-state index in [0.29, 0.717) is 38.4 Å². The maximum absolute atomic E-state index is 14.3.